The van der Waals surface area contributed by atoms with E-state index < -0.39 is 0 Å². The number of rotatable bonds is 5. The summed E-state index contributed by atoms with van der Waals surface area (Å²) in [5.41, 5.74) is 14.8. The number of benzene rings is 5. The number of fused-ring (bicyclic) bond motifs is 10. The zero-order valence-electron chi connectivity index (χ0n) is 22.3. The number of hydrogen-bond donors (Lipinski definition) is 0. The second kappa shape index (κ2) is 8.72. The standard InChI is InChI=1S/C36H32N2/c1-37(2)27-21-19-25(20-22-27)23-38(3)24-26-11-10-18-34-35(26)30-14-6-9-17-33(30)36(34)31-15-7-4-12-28(31)29-13-5-8-16-32(29)36/h4-22H,23-24H2,1-3H3. The Kier molecular flexibility index (Phi) is 5.28. The first kappa shape index (κ1) is 23.0. The predicted molar refractivity (Wildman–Crippen MR) is 159 cm³/mol. The minimum Gasteiger partial charge on any atom is -0.378 e. The van der Waals surface area contributed by atoms with Gasteiger partial charge in [-0.1, -0.05) is 103 Å². The lowest BCUT2D eigenvalue weighted by molar-refractivity contribution is 0.319. The van der Waals surface area contributed by atoms with Crippen LogP contribution in [0.25, 0.3) is 22.3 Å². The maximum Gasteiger partial charge on any atom is 0.0725 e. The van der Waals surface area contributed by atoms with Crippen LogP contribution < -0.4 is 4.90 Å². The van der Waals surface area contributed by atoms with Gasteiger partial charge in [0.15, 0.2) is 0 Å². The molecule has 1 spiro atoms. The van der Waals surface area contributed by atoms with Crippen LogP contribution in [0.2, 0.25) is 0 Å². The minimum atomic E-state index is -0.268. The van der Waals surface area contributed by atoms with Crippen molar-refractivity contribution in [2.24, 2.45) is 0 Å². The first-order valence-electron chi connectivity index (χ1n) is 13.5. The van der Waals surface area contributed by atoms with Crippen LogP contribution in [0, 0.1) is 0 Å². The average molecular weight is 493 g/mol. The molecule has 7 rings (SSSR count). The molecule has 0 bridgehead atoms. The van der Waals surface area contributed by atoms with Gasteiger partial charge >= 0.3 is 0 Å². The third kappa shape index (κ3) is 3.23. The van der Waals surface area contributed by atoms with Crippen LogP contribution >= 0.6 is 0 Å². The van der Waals surface area contributed by atoms with E-state index >= 15 is 0 Å². The average Bonchev–Trinajstić information content (AvgIpc) is 3.41. The van der Waals surface area contributed by atoms with Crippen LogP contribution in [0.15, 0.2) is 115 Å². The van der Waals surface area contributed by atoms with Crippen LogP contribution in [0.4, 0.5) is 5.69 Å². The van der Waals surface area contributed by atoms with Gasteiger partial charge in [-0.2, -0.15) is 0 Å². The van der Waals surface area contributed by atoms with Crippen molar-refractivity contribution in [1.82, 2.24) is 4.90 Å². The molecule has 2 aliphatic rings. The van der Waals surface area contributed by atoms with Crippen LogP contribution in [0.5, 0.6) is 0 Å². The topological polar surface area (TPSA) is 6.48 Å². The molecule has 0 aliphatic heterocycles. The van der Waals surface area contributed by atoms with Crippen LogP contribution in [-0.4, -0.2) is 26.0 Å². The van der Waals surface area contributed by atoms with Crippen LogP contribution in [-0.2, 0) is 18.5 Å². The van der Waals surface area contributed by atoms with E-state index in [0.717, 1.165) is 13.1 Å². The van der Waals surface area contributed by atoms with E-state index in [1.807, 2.05) is 0 Å². The van der Waals surface area contributed by atoms with Crippen molar-refractivity contribution in [3.8, 4) is 22.3 Å². The van der Waals surface area contributed by atoms with Gasteiger partial charge in [-0.15, -0.1) is 0 Å². The molecule has 0 unspecified atom stereocenters. The van der Waals surface area contributed by atoms with Gasteiger partial charge in [0.25, 0.3) is 0 Å². The molecule has 0 fully saturated rings. The van der Waals surface area contributed by atoms with Gasteiger partial charge in [0.1, 0.15) is 0 Å². The lowest BCUT2D eigenvalue weighted by Gasteiger charge is -2.30. The van der Waals surface area contributed by atoms with Gasteiger partial charge in [0.2, 0.25) is 0 Å². The van der Waals surface area contributed by atoms with Crippen molar-refractivity contribution in [3.05, 3.63) is 149 Å². The van der Waals surface area contributed by atoms with Crippen molar-refractivity contribution in [2.75, 3.05) is 26.0 Å². The summed E-state index contributed by atoms with van der Waals surface area (Å²) in [5, 5.41) is 0. The zero-order chi connectivity index (χ0) is 25.9. The highest BCUT2D eigenvalue weighted by atomic mass is 15.1. The molecule has 0 heterocycles. The Morgan fingerprint density at radius 2 is 1.03 bits per heavy atom. The predicted octanol–water partition coefficient (Wildman–Crippen LogP) is 7.73. The summed E-state index contributed by atoms with van der Waals surface area (Å²) in [6.07, 6.45) is 0. The van der Waals surface area contributed by atoms with Gasteiger partial charge < -0.3 is 4.90 Å². The third-order valence-electron chi connectivity index (χ3n) is 8.45. The third-order valence-corrected chi connectivity index (χ3v) is 8.45. The summed E-state index contributed by atoms with van der Waals surface area (Å²) in [6.45, 7) is 1.81. The molecule has 5 aromatic rings. The number of anilines is 1. The van der Waals surface area contributed by atoms with E-state index in [-0.39, 0.29) is 5.41 Å². The summed E-state index contributed by atoms with van der Waals surface area (Å²) in [5.74, 6) is 0. The molecule has 38 heavy (non-hydrogen) atoms. The Hall–Kier alpha value is -4.14. The number of hydrogen-bond acceptors (Lipinski definition) is 2. The first-order chi connectivity index (χ1) is 18.6. The van der Waals surface area contributed by atoms with Crippen molar-refractivity contribution < 1.29 is 0 Å². The Morgan fingerprint density at radius 1 is 0.500 bits per heavy atom. The van der Waals surface area contributed by atoms with Crippen molar-refractivity contribution in [1.29, 1.82) is 0 Å². The Labute approximate surface area is 225 Å². The maximum absolute atomic E-state index is 2.43. The summed E-state index contributed by atoms with van der Waals surface area (Å²) in [6, 6.07) is 43.0. The lowest BCUT2D eigenvalue weighted by atomic mass is 9.70. The van der Waals surface area contributed by atoms with Gasteiger partial charge in [-0.3, -0.25) is 4.90 Å². The molecule has 2 nitrogen and oxygen atoms in total. The van der Waals surface area contributed by atoms with E-state index in [0.29, 0.717) is 0 Å². The fraction of sp³-hybridized carbons (Fsp3) is 0.167. The van der Waals surface area contributed by atoms with Gasteiger partial charge in [0.05, 0.1) is 5.41 Å². The zero-order valence-corrected chi connectivity index (χ0v) is 22.3. The molecule has 0 atom stereocenters. The monoisotopic (exact) mass is 492 g/mol. The minimum absolute atomic E-state index is 0.268. The van der Waals surface area contributed by atoms with Crippen molar-refractivity contribution >= 4 is 5.69 Å². The van der Waals surface area contributed by atoms with E-state index in [4.69, 9.17) is 0 Å². The highest BCUT2D eigenvalue weighted by Gasteiger charge is 2.51. The van der Waals surface area contributed by atoms with Crippen LogP contribution in [0.3, 0.4) is 0 Å². The number of nitrogens with zero attached hydrogens (tertiary/aromatic N) is 2. The SMILES string of the molecule is CN(Cc1ccc(N(C)C)cc1)Cc1cccc2c1-c1ccccc1C21c2ccccc2-c2ccccc21. The van der Waals surface area contributed by atoms with E-state index in [2.05, 4.69) is 146 Å². The molecule has 0 amide bonds. The van der Waals surface area contributed by atoms with Gasteiger partial charge in [-0.25, -0.2) is 0 Å². The molecule has 186 valence electrons. The molecular weight excluding hydrogens is 460 g/mol. The molecule has 2 aliphatic carbocycles. The normalized spacial score (nSPS) is 13.8. The summed E-state index contributed by atoms with van der Waals surface area (Å²) in [4.78, 5) is 4.58. The van der Waals surface area contributed by atoms with E-state index in [9.17, 15) is 0 Å². The van der Waals surface area contributed by atoms with Crippen LogP contribution in [0.1, 0.15) is 33.4 Å². The largest absolute Gasteiger partial charge is 0.378 e. The second-order valence-corrected chi connectivity index (χ2v) is 11.0. The van der Waals surface area contributed by atoms with Gasteiger partial charge in [0, 0.05) is 32.9 Å². The molecule has 0 radical (unpaired) electrons. The van der Waals surface area contributed by atoms with E-state index in [1.165, 1.54) is 61.3 Å². The smallest absolute Gasteiger partial charge is 0.0725 e. The van der Waals surface area contributed by atoms with Gasteiger partial charge in [-0.05, 0) is 74.8 Å². The fourth-order valence-electron chi connectivity index (χ4n) is 6.91. The fourth-order valence-corrected chi connectivity index (χ4v) is 6.91. The van der Waals surface area contributed by atoms with Crippen molar-refractivity contribution in [3.63, 3.8) is 0 Å². The molecule has 5 aromatic carbocycles. The first-order valence-corrected chi connectivity index (χ1v) is 13.5. The molecule has 0 saturated carbocycles. The molecule has 0 saturated heterocycles. The Bertz CT molecular complexity index is 1620. The summed E-state index contributed by atoms with van der Waals surface area (Å²) < 4.78 is 0. The lowest BCUT2D eigenvalue weighted by Crippen LogP contribution is -2.26. The molecule has 0 aromatic heterocycles. The van der Waals surface area contributed by atoms with E-state index in [1.54, 1.807) is 0 Å². The summed E-state index contributed by atoms with van der Waals surface area (Å²) in [7, 11) is 6.40. The summed E-state index contributed by atoms with van der Waals surface area (Å²) >= 11 is 0. The molecular formula is C36H32N2. The Balaban J connectivity index is 1.35. The maximum atomic E-state index is 2.43. The highest BCUT2D eigenvalue weighted by Crippen LogP contribution is 2.63. The highest BCUT2D eigenvalue weighted by molar-refractivity contribution is 5.95. The quantitative estimate of drug-likeness (QED) is 0.243. The van der Waals surface area contributed by atoms with Crippen molar-refractivity contribution in [2.45, 2.75) is 18.5 Å². The Morgan fingerprint density at radius 3 is 1.63 bits per heavy atom. The second-order valence-electron chi connectivity index (χ2n) is 11.0. The molecule has 0 N–H and O–H groups in total. The molecule has 2 heteroatoms.